The van der Waals surface area contributed by atoms with Gasteiger partial charge in [0.1, 0.15) is 5.37 Å². The standard InChI is InChI=1S/C22H22BrNO4S/c1-3-28-21(25)14-24-22(29(26,27)16-10-8-15(2)9-11-16)19-12-13-20(23)18-7-5-4-6-17(18)19/h4-13,22,24H,3,14H2,1-2H3. The Morgan fingerprint density at radius 2 is 1.69 bits per heavy atom. The van der Waals surface area contributed by atoms with E-state index < -0.39 is 21.2 Å². The van der Waals surface area contributed by atoms with Crippen LogP contribution >= 0.6 is 15.9 Å². The zero-order chi connectivity index (χ0) is 21.0. The third-order valence-corrected chi connectivity index (χ3v) is 7.25. The molecule has 5 nitrogen and oxygen atoms in total. The molecule has 0 fully saturated rings. The molecule has 3 aromatic carbocycles. The van der Waals surface area contributed by atoms with E-state index in [2.05, 4.69) is 21.2 Å². The molecule has 0 aromatic heterocycles. The van der Waals surface area contributed by atoms with E-state index in [9.17, 15) is 13.2 Å². The molecule has 0 radical (unpaired) electrons. The fraction of sp³-hybridized carbons (Fsp3) is 0.227. The maximum atomic E-state index is 13.5. The van der Waals surface area contributed by atoms with Crippen molar-refractivity contribution < 1.29 is 17.9 Å². The normalized spacial score (nSPS) is 12.7. The van der Waals surface area contributed by atoms with Crippen molar-refractivity contribution in [1.82, 2.24) is 5.32 Å². The summed E-state index contributed by atoms with van der Waals surface area (Å²) >= 11 is 3.52. The third-order valence-electron chi connectivity index (χ3n) is 4.58. The number of nitrogens with one attached hydrogen (secondary N) is 1. The molecule has 0 spiro atoms. The van der Waals surface area contributed by atoms with Gasteiger partial charge >= 0.3 is 5.97 Å². The van der Waals surface area contributed by atoms with Crippen LogP contribution in [0.5, 0.6) is 0 Å². The summed E-state index contributed by atoms with van der Waals surface area (Å²) in [6.07, 6.45) is 0. The molecule has 1 atom stereocenters. The molecule has 3 aromatic rings. The highest BCUT2D eigenvalue weighted by Gasteiger charge is 2.31. The maximum absolute atomic E-state index is 13.5. The van der Waals surface area contributed by atoms with Gasteiger partial charge in [-0.2, -0.15) is 0 Å². The second-order valence-electron chi connectivity index (χ2n) is 6.61. The van der Waals surface area contributed by atoms with Crippen LogP contribution in [0.4, 0.5) is 0 Å². The van der Waals surface area contributed by atoms with Crippen molar-refractivity contribution in [1.29, 1.82) is 0 Å². The van der Waals surface area contributed by atoms with Crippen LogP contribution in [0.25, 0.3) is 10.8 Å². The highest BCUT2D eigenvalue weighted by Crippen LogP contribution is 2.34. The summed E-state index contributed by atoms with van der Waals surface area (Å²) in [5.41, 5.74) is 1.54. The van der Waals surface area contributed by atoms with E-state index in [1.165, 1.54) is 0 Å². The fourth-order valence-electron chi connectivity index (χ4n) is 3.15. The average molecular weight is 476 g/mol. The number of sulfone groups is 1. The minimum absolute atomic E-state index is 0.191. The van der Waals surface area contributed by atoms with Crippen LogP contribution in [-0.4, -0.2) is 27.5 Å². The molecule has 1 N–H and O–H groups in total. The number of hydrogen-bond acceptors (Lipinski definition) is 5. The molecule has 0 aliphatic rings. The van der Waals surface area contributed by atoms with Crippen LogP contribution < -0.4 is 5.32 Å². The van der Waals surface area contributed by atoms with Crippen LogP contribution in [0.1, 0.15) is 23.4 Å². The van der Waals surface area contributed by atoms with Crippen molar-refractivity contribution >= 4 is 42.5 Å². The summed E-state index contributed by atoms with van der Waals surface area (Å²) in [7, 11) is -3.82. The first-order valence-electron chi connectivity index (χ1n) is 9.21. The molecule has 0 bridgehead atoms. The molecule has 7 heteroatoms. The van der Waals surface area contributed by atoms with Gasteiger partial charge in [0.25, 0.3) is 0 Å². The first kappa shape index (κ1) is 21.5. The Bertz CT molecular complexity index is 1130. The lowest BCUT2D eigenvalue weighted by Gasteiger charge is -2.21. The van der Waals surface area contributed by atoms with E-state index in [0.29, 0.717) is 5.56 Å². The molecule has 0 amide bonds. The van der Waals surface area contributed by atoms with Crippen molar-refractivity contribution in [3.05, 3.63) is 76.3 Å². The van der Waals surface area contributed by atoms with E-state index in [-0.39, 0.29) is 18.0 Å². The molecule has 0 aliphatic heterocycles. The summed E-state index contributed by atoms with van der Waals surface area (Å²) < 4.78 is 32.9. The Balaban J connectivity index is 2.12. The Morgan fingerprint density at radius 3 is 2.34 bits per heavy atom. The zero-order valence-corrected chi connectivity index (χ0v) is 18.6. The molecule has 0 aliphatic carbocycles. The summed E-state index contributed by atoms with van der Waals surface area (Å²) in [5.74, 6) is -0.502. The van der Waals surface area contributed by atoms with Gasteiger partial charge in [0.15, 0.2) is 9.84 Å². The van der Waals surface area contributed by atoms with Crippen molar-refractivity contribution in [2.75, 3.05) is 13.2 Å². The van der Waals surface area contributed by atoms with Crippen LogP contribution in [0.3, 0.4) is 0 Å². The second-order valence-corrected chi connectivity index (χ2v) is 9.49. The SMILES string of the molecule is CCOC(=O)CNC(c1ccc(Br)c2ccccc12)S(=O)(=O)c1ccc(C)cc1. The van der Waals surface area contributed by atoms with Gasteiger partial charge in [-0.3, -0.25) is 10.1 Å². The smallest absolute Gasteiger partial charge is 0.319 e. The Kier molecular flexibility index (Phi) is 6.72. The van der Waals surface area contributed by atoms with Crippen molar-refractivity contribution in [2.24, 2.45) is 0 Å². The molecule has 3 rings (SSSR count). The molecule has 1 unspecified atom stereocenters. The Labute approximate surface area is 179 Å². The molecular weight excluding hydrogens is 454 g/mol. The zero-order valence-electron chi connectivity index (χ0n) is 16.2. The lowest BCUT2D eigenvalue weighted by atomic mass is 10.0. The van der Waals surface area contributed by atoms with Crippen molar-refractivity contribution in [3.8, 4) is 0 Å². The van der Waals surface area contributed by atoms with Gasteiger partial charge in [0.2, 0.25) is 0 Å². The van der Waals surface area contributed by atoms with Crippen LogP contribution in [0.15, 0.2) is 70.0 Å². The lowest BCUT2D eigenvalue weighted by molar-refractivity contribution is -0.142. The van der Waals surface area contributed by atoms with Gasteiger partial charge in [0.05, 0.1) is 18.0 Å². The average Bonchev–Trinajstić information content (AvgIpc) is 2.70. The van der Waals surface area contributed by atoms with Gasteiger partial charge < -0.3 is 4.74 Å². The minimum Gasteiger partial charge on any atom is -0.465 e. The lowest BCUT2D eigenvalue weighted by Crippen LogP contribution is -2.34. The quantitative estimate of drug-likeness (QED) is 0.507. The number of esters is 1. The number of hydrogen-bond donors (Lipinski definition) is 1. The molecular formula is C22H22BrNO4S. The molecule has 0 heterocycles. The van der Waals surface area contributed by atoms with E-state index in [0.717, 1.165) is 20.8 Å². The number of ether oxygens (including phenoxy) is 1. The van der Waals surface area contributed by atoms with Crippen LogP contribution in [-0.2, 0) is 19.4 Å². The molecule has 29 heavy (non-hydrogen) atoms. The number of rotatable bonds is 7. The molecule has 0 saturated carbocycles. The van der Waals surface area contributed by atoms with Crippen molar-refractivity contribution in [2.45, 2.75) is 24.1 Å². The predicted molar refractivity (Wildman–Crippen MR) is 117 cm³/mol. The molecule has 0 saturated heterocycles. The summed E-state index contributed by atoms with van der Waals surface area (Å²) in [5, 5.41) is 3.49. The monoisotopic (exact) mass is 475 g/mol. The van der Waals surface area contributed by atoms with Crippen LogP contribution in [0.2, 0.25) is 0 Å². The van der Waals surface area contributed by atoms with Gasteiger partial charge in [-0.15, -0.1) is 0 Å². The number of carbonyl (C=O) groups excluding carboxylic acids is 1. The number of aryl methyl sites for hydroxylation is 1. The highest BCUT2D eigenvalue weighted by molar-refractivity contribution is 9.10. The van der Waals surface area contributed by atoms with E-state index >= 15 is 0 Å². The molecule has 152 valence electrons. The van der Waals surface area contributed by atoms with E-state index in [1.807, 2.05) is 37.3 Å². The van der Waals surface area contributed by atoms with Gasteiger partial charge in [0, 0.05) is 4.47 Å². The summed E-state index contributed by atoms with van der Waals surface area (Å²) in [6.45, 7) is 3.63. The number of carbonyl (C=O) groups is 1. The first-order valence-corrected chi connectivity index (χ1v) is 11.5. The highest BCUT2D eigenvalue weighted by atomic mass is 79.9. The predicted octanol–water partition coefficient (Wildman–Crippen LogP) is 4.54. The Hall–Kier alpha value is -2.22. The van der Waals surface area contributed by atoms with Gasteiger partial charge in [-0.05, 0) is 48.4 Å². The van der Waals surface area contributed by atoms with Crippen LogP contribution in [0, 0.1) is 6.92 Å². The van der Waals surface area contributed by atoms with Gasteiger partial charge in [-0.1, -0.05) is 64.0 Å². The number of fused-ring (bicyclic) bond motifs is 1. The fourth-order valence-corrected chi connectivity index (χ4v) is 5.26. The second kappa shape index (κ2) is 9.07. The van der Waals surface area contributed by atoms with Crippen molar-refractivity contribution in [3.63, 3.8) is 0 Å². The summed E-state index contributed by atoms with van der Waals surface area (Å²) in [6, 6.07) is 17.8. The Morgan fingerprint density at radius 1 is 1.03 bits per heavy atom. The topological polar surface area (TPSA) is 72.5 Å². The van der Waals surface area contributed by atoms with E-state index in [4.69, 9.17) is 4.74 Å². The van der Waals surface area contributed by atoms with Gasteiger partial charge in [-0.25, -0.2) is 8.42 Å². The van der Waals surface area contributed by atoms with E-state index in [1.54, 1.807) is 37.3 Å². The maximum Gasteiger partial charge on any atom is 0.319 e. The summed E-state index contributed by atoms with van der Waals surface area (Å²) in [4.78, 5) is 12.1. The minimum atomic E-state index is -3.82. The number of halogens is 1. The largest absolute Gasteiger partial charge is 0.465 e. The number of benzene rings is 3. The first-order chi connectivity index (χ1) is 13.8. The third kappa shape index (κ3) is 4.69.